The lowest BCUT2D eigenvalue weighted by Gasteiger charge is -2.33. The zero-order valence-electron chi connectivity index (χ0n) is 38.4. The number of esters is 1. The molecular formula is C50H57N3O13. The summed E-state index contributed by atoms with van der Waals surface area (Å²) in [6, 6.07) is 5.76. The Kier molecular flexibility index (Phi) is 12.0. The van der Waals surface area contributed by atoms with Crippen molar-refractivity contribution < 1.29 is 57.4 Å². The number of carbonyl (C=O) groups excluding carboxylic acids is 3. The zero-order chi connectivity index (χ0) is 46.9. The molecule has 0 spiro atoms. The summed E-state index contributed by atoms with van der Waals surface area (Å²) in [4.78, 5) is 63.5. The van der Waals surface area contributed by atoms with E-state index in [4.69, 9.17) is 37.8 Å². The first-order valence-corrected chi connectivity index (χ1v) is 22.7. The first kappa shape index (κ1) is 45.4. The van der Waals surface area contributed by atoms with Gasteiger partial charge in [0.15, 0.2) is 11.3 Å². The molecule has 1 saturated carbocycles. The highest BCUT2D eigenvalue weighted by molar-refractivity contribution is 6.22. The number of piperidine rings is 1. The van der Waals surface area contributed by atoms with Gasteiger partial charge in [-0.15, -0.1) is 0 Å². The van der Waals surface area contributed by atoms with E-state index in [2.05, 4.69) is 10.2 Å². The van der Waals surface area contributed by atoms with E-state index < -0.39 is 71.1 Å². The molecule has 2 aliphatic carbocycles. The van der Waals surface area contributed by atoms with Crippen molar-refractivity contribution in [3.63, 3.8) is 0 Å². The van der Waals surface area contributed by atoms with Crippen molar-refractivity contribution in [1.82, 2.24) is 9.88 Å². The highest BCUT2D eigenvalue weighted by atomic mass is 16.7. The Morgan fingerprint density at radius 2 is 1.85 bits per heavy atom. The van der Waals surface area contributed by atoms with Gasteiger partial charge in [0.05, 0.1) is 35.5 Å². The predicted molar refractivity (Wildman–Crippen MR) is 243 cm³/mol. The van der Waals surface area contributed by atoms with Crippen molar-refractivity contribution in [2.75, 3.05) is 32.1 Å². The third-order valence-electron chi connectivity index (χ3n) is 14.4. The lowest BCUT2D eigenvalue weighted by Crippen LogP contribution is -2.46. The number of aliphatic hydroxyl groups is 1. The Morgan fingerprint density at radius 3 is 2.56 bits per heavy atom. The number of hydrogen-bond donors (Lipinski definition) is 3. The van der Waals surface area contributed by atoms with Gasteiger partial charge in [0, 0.05) is 80.4 Å². The predicted octanol–water partition coefficient (Wildman–Crippen LogP) is 6.58. The van der Waals surface area contributed by atoms with Crippen LogP contribution < -0.4 is 20.2 Å². The number of aromatic nitrogens is 1. The minimum Gasteiger partial charge on any atom is -0.507 e. The van der Waals surface area contributed by atoms with E-state index in [9.17, 15) is 29.4 Å². The molecule has 0 aromatic heterocycles. The fourth-order valence-electron chi connectivity index (χ4n) is 10.6. The summed E-state index contributed by atoms with van der Waals surface area (Å²) < 4.78 is 43.2. The van der Waals surface area contributed by atoms with Crippen LogP contribution in [0.5, 0.6) is 17.2 Å². The van der Waals surface area contributed by atoms with Crippen molar-refractivity contribution in [2.24, 2.45) is 23.7 Å². The van der Waals surface area contributed by atoms with Crippen molar-refractivity contribution in [3.05, 3.63) is 75.7 Å². The van der Waals surface area contributed by atoms with Gasteiger partial charge in [-0.25, -0.2) is 4.98 Å². The summed E-state index contributed by atoms with van der Waals surface area (Å²) in [6.07, 6.45) is 7.43. The van der Waals surface area contributed by atoms with E-state index in [0.29, 0.717) is 23.9 Å². The van der Waals surface area contributed by atoms with Crippen LogP contribution >= 0.6 is 0 Å². The fraction of sp³-hybridized carbons (Fsp3) is 0.500. The van der Waals surface area contributed by atoms with Crippen molar-refractivity contribution >= 4 is 45.2 Å². The molecule has 2 aromatic rings. The number of fused-ring (bicyclic) bond motifs is 11. The van der Waals surface area contributed by atoms with Crippen LogP contribution in [0.3, 0.4) is 0 Å². The largest absolute Gasteiger partial charge is 0.507 e. The lowest BCUT2D eigenvalue weighted by molar-refractivity contribution is -0.168. The summed E-state index contributed by atoms with van der Waals surface area (Å²) >= 11 is 0. The molecule has 6 aliphatic heterocycles. The van der Waals surface area contributed by atoms with Crippen molar-refractivity contribution in [3.8, 4) is 28.7 Å². The topological polar surface area (TPSA) is 205 Å². The molecule has 350 valence electrons. The second-order valence-electron chi connectivity index (χ2n) is 18.7. The average molecular weight is 908 g/mol. The quantitative estimate of drug-likeness (QED) is 0.106. The van der Waals surface area contributed by atoms with Crippen LogP contribution in [0.25, 0.3) is 33.3 Å². The number of aliphatic hydroxyl groups excluding tert-OH is 1. The standard InChI is InChI=1S/C50H57N3O13/c1-23-10-9-11-24(2)49(59)52-39-42(57)36-35(38-46(39)64-34-21-31(14-15-32(34)51-38)61-19-17-53-22-29-12-13-30(53)20-29)37-44(26(4)40(36)55)66-50(7,48(37)58)62-18-16-33(60-8)25(3)45(63-28(6)54)47-41(56)27(5)43(23)65-47/h9-11,14-16,18,21,23,25,27,29-30,33,41,43,45,47,55-56H,12-13,17,19-20,22H2,1-8H3,(H,52,59)/b10-9+,18-16+,24-11-/t23-,25+,27-,29?,30?,33-,41+,43-,45+,47+,50-/m0/s1. The second-order valence-corrected chi connectivity index (χ2v) is 18.7. The van der Waals surface area contributed by atoms with Gasteiger partial charge in [-0.2, -0.15) is 0 Å². The van der Waals surface area contributed by atoms with E-state index in [0.717, 1.165) is 19.0 Å². The number of phenols is 1. The van der Waals surface area contributed by atoms with Gasteiger partial charge in [-0.1, -0.05) is 39.0 Å². The molecule has 3 fully saturated rings. The first-order valence-electron chi connectivity index (χ1n) is 22.7. The molecule has 6 heterocycles. The molecule has 2 aromatic carbocycles. The minimum absolute atomic E-state index is 0.0123. The summed E-state index contributed by atoms with van der Waals surface area (Å²) in [6.45, 7) is 13.6. The molecule has 3 N–H and O–H groups in total. The molecule has 16 nitrogen and oxygen atoms in total. The molecule has 2 saturated heterocycles. The first-order chi connectivity index (χ1) is 31.5. The van der Waals surface area contributed by atoms with Crippen LogP contribution in [-0.2, 0) is 28.5 Å². The number of likely N-dealkylation sites (tertiary alicyclic amines) is 1. The third-order valence-corrected chi connectivity index (χ3v) is 14.4. The maximum atomic E-state index is 14.8. The average Bonchev–Trinajstić information content (AvgIpc) is 4.05. The molecule has 0 radical (unpaired) electrons. The molecule has 1 amide bonds. The van der Waals surface area contributed by atoms with Crippen molar-refractivity contribution in [2.45, 2.75) is 110 Å². The number of hydrogen-bond acceptors (Lipinski definition) is 15. The number of ketones is 1. The number of Topliss-reactive ketones (excluding diaryl/α,β-unsaturated/α-hetero) is 1. The number of rotatable bonds is 6. The third kappa shape index (κ3) is 7.80. The summed E-state index contributed by atoms with van der Waals surface area (Å²) in [5.74, 6) is -4.58. The lowest BCUT2D eigenvalue weighted by atomic mass is 9.86. The number of phenolic OH excluding ortho intramolecular Hbond substituents is 1. The maximum Gasteiger partial charge on any atom is 0.312 e. The van der Waals surface area contributed by atoms with E-state index >= 15 is 0 Å². The van der Waals surface area contributed by atoms with Crippen LogP contribution in [0.1, 0.15) is 76.7 Å². The summed E-state index contributed by atoms with van der Waals surface area (Å²) in [5, 5.41) is 25.8. The number of nitrogens with zero attached hydrogens (tertiary/aromatic N) is 2. The molecular weight excluding hydrogens is 851 g/mol. The Morgan fingerprint density at radius 1 is 1.06 bits per heavy atom. The number of anilines is 1. The molecule has 66 heavy (non-hydrogen) atoms. The van der Waals surface area contributed by atoms with Crippen LogP contribution in [0, 0.1) is 30.6 Å². The Labute approximate surface area is 381 Å². The van der Waals surface area contributed by atoms with E-state index in [1.165, 1.54) is 59.5 Å². The maximum absolute atomic E-state index is 14.8. The van der Waals surface area contributed by atoms with Crippen molar-refractivity contribution in [1.29, 1.82) is 0 Å². The van der Waals surface area contributed by atoms with E-state index in [1.807, 2.05) is 19.9 Å². The second kappa shape index (κ2) is 17.4. The van der Waals surface area contributed by atoms with Crippen LogP contribution in [0.15, 0.2) is 63.6 Å². The van der Waals surface area contributed by atoms with Gasteiger partial charge in [-0.05, 0) is 57.2 Å². The summed E-state index contributed by atoms with van der Waals surface area (Å²) in [5.41, 5.74) is -0.284. The Bertz CT molecular complexity index is 2740. The van der Waals surface area contributed by atoms with E-state index in [1.54, 1.807) is 44.2 Å². The highest BCUT2D eigenvalue weighted by Gasteiger charge is 2.52. The van der Waals surface area contributed by atoms with Gasteiger partial charge in [0.2, 0.25) is 5.43 Å². The molecule has 8 aliphatic rings. The van der Waals surface area contributed by atoms with Gasteiger partial charge in [0.1, 0.15) is 53.0 Å². The van der Waals surface area contributed by atoms with E-state index in [-0.39, 0.29) is 67.8 Å². The smallest absolute Gasteiger partial charge is 0.312 e. The van der Waals surface area contributed by atoms with Crippen LogP contribution in [-0.4, -0.2) is 107 Å². The highest BCUT2D eigenvalue weighted by Crippen LogP contribution is 2.51. The fourth-order valence-corrected chi connectivity index (χ4v) is 10.6. The number of methoxy groups -OCH3 is 1. The van der Waals surface area contributed by atoms with Crippen LogP contribution in [0.4, 0.5) is 5.69 Å². The van der Waals surface area contributed by atoms with Crippen LogP contribution in [0.2, 0.25) is 0 Å². The molecule has 16 heteroatoms. The van der Waals surface area contributed by atoms with Gasteiger partial charge in [-0.3, -0.25) is 24.1 Å². The number of allylic oxidation sites excluding steroid dienone is 2. The number of carbonyl (C=O) groups is 3. The van der Waals surface area contributed by atoms with Gasteiger partial charge >= 0.3 is 11.8 Å². The summed E-state index contributed by atoms with van der Waals surface area (Å²) in [7, 11) is 1.46. The monoisotopic (exact) mass is 907 g/mol. The number of amides is 1. The Hall–Kier alpha value is -5.81. The molecule has 10 rings (SSSR count). The number of ether oxygens (including phenoxy) is 6. The van der Waals surface area contributed by atoms with Gasteiger partial charge < -0.3 is 48.4 Å². The number of aromatic hydroxyl groups is 1. The zero-order valence-corrected chi connectivity index (χ0v) is 38.4. The Balaban J connectivity index is 1.17. The minimum atomic E-state index is -2.02. The normalized spacial score (nSPS) is 33.0. The SMILES string of the molecule is CO[C@H]1/C=C/O[C@@]2(C)Oc3c(C)c(O)c4c(=O)c(c5oc6cc(OCCN7CC8CCC7C8)ccc6nc-5c4c3C2=O)NC(=O)/C(C)=C\C=C\[C@H](C)[C@@H]2O[C@H]([C@H](O)[C@@H]2C)[C@H](OC(C)=O)[C@@H]1C. The number of benzene rings is 3. The molecule has 2 unspecified atom stereocenters. The molecule has 11 atom stereocenters. The van der Waals surface area contributed by atoms with Gasteiger partial charge in [0.25, 0.3) is 11.7 Å². The molecule has 9 bridgehead atoms. The number of nitrogens with one attached hydrogen (secondary N) is 1.